The van der Waals surface area contributed by atoms with Crippen LogP contribution in [0.3, 0.4) is 0 Å². The highest BCUT2D eigenvalue weighted by molar-refractivity contribution is 7.07. The molecular formula is C12H13FN4OS. The van der Waals surface area contributed by atoms with Crippen molar-refractivity contribution in [2.75, 3.05) is 19.4 Å². The average molecular weight is 280 g/mol. The topological polar surface area (TPSA) is 58.1 Å². The summed E-state index contributed by atoms with van der Waals surface area (Å²) in [5, 5.41) is 4.65. The van der Waals surface area contributed by atoms with Crippen LogP contribution in [0.5, 0.6) is 0 Å². The van der Waals surface area contributed by atoms with E-state index in [0.29, 0.717) is 12.4 Å². The Morgan fingerprint density at radius 2 is 2.32 bits per heavy atom. The fourth-order valence-electron chi connectivity index (χ4n) is 1.64. The second-order valence-electron chi connectivity index (χ2n) is 3.94. The van der Waals surface area contributed by atoms with Gasteiger partial charge in [0.05, 0.1) is 29.5 Å². The summed E-state index contributed by atoms with van der Waals surface area (Å²) in [5.74, 6) is -0.481. The number of halogens is 1. The molecule has 0 aromatic carbocycles. The van der Waals surface area contributed by atoms with Gasteiger partial charge in [-0.1, -0.05) is 0 Å². The number of thiazole rings is 1. The minimum absolute atomic E-state index is 0.209. The van der Waals surface area contributed by atoms with Gasteiger partial charge in [0.25, 0.3) is 5.91 Å². The number of nitrogens with zero attached hydrogens (tertiary/aromatic N) is 3. The third-order valence-electron chi connectivity index (χ3n) is 2.55. The Bertz CT molecular complexity index is 573. The van der Waals surface area contributed by atoms with Crippen LogP contribution in [0.1, 0.15) is 16.1 Å². The Kier molecular flexibility index (Phi) is 4.06. The summed E-state index contributed by atoms with van der Waals surface area (Å²) in [6, 6.07) is 1.18. The maximum absolute atomic E-state index is 13.2. The molecule has 2 rings (SSSR count). The Hall–Kier alpha value is -2.02. The molecule has 1 N–H and O–H groups in total. The lowest BCUT2D eigenvalue weighted by Crippen LogP contribution is -2.27. The molecule has 0 spiro atoms. The van der Waals surface area contributed by atoms with Crippen LogP contribution >= 0.6 is 11.3 Å². The maximum atomic E-state index is 13.2. The van der Waals surface area contributed by atoms with Gasteiger partial charge in [0, 0.05) is 19.5 Å². The zero-order chi connectivity index (χ0) is 13.8. The number of rotatable bonds is 4. The molecule has 0 fully saturated rings. The molecule has 2 heterocycles. The zero-order valence-corrected chi connectivity index (χ0v) is 11.4. The number of aromatic nitrogens is 2. The molecule has 2 aromatic heterocycles. The molecule has 0 unspecified atom stereocenters. The lowest BCUT2D eigenvalue weighted by molar-refractivity contribution is 0.0783. The van der Waals surface area contributed by atoms with E-state index in [1.54, 1.807) is 19.6 Å². The molecule has 0 aliphatic carbocycles. The molecule has 0 bridgehead atoms. The zero-order valence-electron chi connectivity index (χ0n) is 10.6. The van der Waals surface area contributed by atoms with E-state index in [4.69, 9.17) is 0 Å². The first-order valence-electron chi connectivity index (χ1n) is 5.57. The van der Waals surface area contributed by atoms with E-state index in [-0.39, 0.29) is 11.5 Å². The van der Waals surface area contributed by atoms with Crippen molar-refractivity contribution in [1.82, 2.24) is 14.9 Å². The third-order valence-corrected chi connectivity index (χ3v) is 3.19. The highest BCUT2D eigenvalue weighted by Crippen LogP contribution is 2.16. The van der Waals surface area contributed by atoms with Crippen LogP contribution in [0.15, 0.2) is 23.2 Å². The predicted octanol–water partition coefficient (Wildman–Crippen LogP) is 1.99. The average Bonchev–Trinajstić information content (AvgIpc) is 2.90. The lowest BCUT2D eigenvalue weighted by atomic mass is 10.2. The normalized spacial score (nSPS) is 10.3. The molecule has 0 aliphatic rings. The van der Waals surface area contributed by atoms with Crippen molar-refractivity contribution in [1.29, 1.82) is 0 Å². The highest BCUT2D eigenvalue weighted by atomic mass is 32.1. The van der Waals surface area contributed by atoms with Gasteiger partial charge in [-0.3, -0.25) is 4.79 Å². The summed E-state index contributed by atoms with van der Waals surface area (Å²) >= 11 is 1.47. The number of carbonyl (C=O) groups is 1. The molecule has 0 saturated heterocycles. The quantitative estimate of drug-likeness (QED) is 0.930. The second kappa shape index (κ2) is 5.75. The summed E-state index contributed by atoms with van der Waals surface area (Å²) < 4.78 is 13.2. The summed E-state index contributed by atoms with van der Waals surface area (Å²) in [4.78, 5) is 21.7. The molecule has 7 heteroatoms. The van der Waals surface area contributed by atoms with Crippen molar-refractivity contribution >= 4 is 23.1 Å². The number of pyridine rings is 1. The maximum Gasteiger partial charge on any atom is 0.257 e. The first kappa shape index (κ1) is 13.4. The molecule has 100 valence electrons. The molecule has 1 amide bonds. The van der Waals surface area contributed by atoms with Crippen molar-refractivity contribution in [2.24, 2.45) is 0 Å². The lowest BCUT2D eigenvalue weighted by Gasteiger charge is -2.17. The fraction of sp³-hybridized carbons (Fsp3) is 0.250. The molecule has 0 atom stereocenters. The van der Waals surface area contributed by atoms with Gasteiger partial charge < -0.3 is 10.2 Å². The Morgan fingerprint density at radius 1 is 1.53 bits per heavy atom. The Morgan fingerprint density at radius 3 is 2.95 bits per heavy atom. The molecule has 0 aliphatic heterocycles. The van der Waals surface area contributed by atoms with Crippen LogP contribution in [0.25, 0.3) is 0 Å². The number of nitrogens with one attached hydrogen (secondary N) is 1. The van der Waals surface area contributed by atoms with E-state index in [1.165, 1.54) is 22.3 Å². The van der Waals surface area contributed by atoms with Gasteiger partial charge in [-0.05, 0) is 6.07 Å². The van der Waals surface area contributed by atoms with E-state index in [1.807, 2.05) is 5.38 Å². The third kappa shape index (κ3) is 3.05. The van der Waals surface area contributed by atoms with Crippen molar-refractivity contribution in [2.45, 2.75) is 6.54 Å². The Labute approximate surface area is 114 Å². The summed E-state index contributed by atoms with van der Waals surface area (Å²) in [5.41, 5.74) is 2.72. The van der Waals surface area contributed by atoms with E-state index >= 15 is 0 Å². The van der Waals surface area contributed by atoms with Crippen LogP contribution in [0.4, 0.5) is 10.2 Å². The van der Waals surface area contributed by atoms with Crippen LogP contribution in [-0.2, 0) is 6.54 Å². The van der Waals surface area contributed by atoms with Gasteiger partial charge in [0.2, 0.25) is 0 Å². The van der Waals surface area contributed by atoms with Gasteiger partial charge in [-0.2, -0.15) is 0 Å². The van der Waals surface area contributed by atoms with Crippen LogP contribution in [-0.4, -0.2) is 34.9 Å². The number of amides is 1. The van der Waals surface area contributed by atoms with Gasteiger partial charge in [-0.25, -0.2) is 14.4 Å². The standard InChI is InChI=1S/C12H13FN4OS/c1-14-11-10(3-8(13)4-15-11)12(18)17(2)5-9-6-19-7-16-9/h3-4,6-7H,5H2,1-2H3,(H,14,15). The molecule has 2 aromatic rings. The number of carbonyl (C=O) groups excluding carboxylic acids is 1. The van der Waals surface area contributed by atoms with Crippen LogP contribution < -0.4 is 5.32 Å². The summed E-state index contributed by atoms with van der Waals surface area (Å²) in [6.07, 6.45) is 1.07. The second-order valence-corrected chi connectivity index (χ2v) is 4.66. The van der Waals surface area contributed by atoms with E-state index in [2.05, 4.69) is 15.3 Å². The molecule has 19 heavy (non-hydrogen) atoms. The monoisotopic (exact) mass is 280 g/mol. The summed E-state index contributed by atoms with van der Waals surface area (Å²) in [7, 11) is 3.28. The molecule has 5 nitrogen and oxygen atoms in total. The first-order chi connectivity index (χ1) is 9.11. The minimum atomic E-state index is -0.538. The number of hydrogen-bond acceptors (Lipinski definition) is 5. The van der Waals surface area contributed by atoms with Crippen molar-refractivity contribution in [3.05, 3.63) is 40.2 Å². The van der Waals surface area contributed by atoms with Crippen molar-refractivity contribution in [3.63, 3.8) is 0 Å². The van der Waals surface area contributed by atoms with Crippen molar-refractivity contribution < 1.29 is 9.18 Å². The molecule has 0 radical (unpaired) electrons. The van der Waals surface area contributed by atoms with E-state index in [0.717, 1.165) is 11.9 Å². The molecule has 0 saturated carbocycles. The van der Waals surface area contributed by atoms with Gasteiger partial charge in [0.1, 0.15) is 11.6 Å². The van der Waals surface area contributed by atoms with Crippen LogP contribution in [0.2, 0.25) is 0 Å². The largest absolute Gasteiger partial charge is 0.372 e. The number of hydrogen-bond donors (Lipinski definition) is 1. The van der Waals surface area contributed by atoms with Gasteiger partial charge in [-0.15, -0.1) is 11.3 Å². The fourth-order valence-corrected chi connectivity index (χ4v) is 2.19. The molecular weight excluding hydrogens is 267 g/mol. The number of anilines is 1. The predicted molar refractivity (Wildman–Crippen MR) is 71.7 cm³/mol. The van der Waals surface area contributed by atoms with Gasteiger partial charge >= 0.3 is 0 Å². The SMILES string of the molecule is CNc1ncc(F)cc1C(=O)N(C)Cc1cscn1. The first-order valence-corrected chi connectivity index (χ1v) is 6.52. The van der Waals surface area contributed by atoms with Crippen LogP contribution in [0, 0.1) is 5.82 Å². The Balaban J connectivity index is 2.21. The van der Waals surface area contributed by atoms with E-state index in [9.17, 15) is 9.18 Å². The highest BCUT2D eigenvalue weighted by Gasteiger charge is 2.18. The van der Waals surface area contributed by atoms with E-state index < -0.39 is 5.82 Å². The minimum Gasteiger partial charge on any atom is -0.372 e. The van der Waals surface area contributed by atoms with Crippen molar-refractivity contribution in [3.8, 4) is 0 Å². The van der Waals surface area contributed by atoms with Gasteiger partial charge in [0.15, 0.2) is 0 Å². The summed E-state index contributed by atoms with van der Waals surface area (Å²) in [6.45, 7) is 0.377. The smallest absolute Gasteiger partial charge is 0.257 e.